The number of nitrogens with one attached hydrogen (secondary N) is 1. The number of aryl methyl sites for hydroxylation is 1. The van der Waals surface area contributed by atoms with Gasteiger partial charge in [0.1, 0.15) is 17.5 Å². The van der Waals surface area contributed by atoms with Crippen LogP contribution in [-0.4, -0.2) is 62.8 Å². The van der Waals surface area contributed by atoms with Gasteiger partial charge in [0.05, 0.1) is 24.5 Å². The first kappa shape index (κ1) is 18.2. The second kappa shape index (κ2) is 8.18. The highest BCUT2D eigenvalue weighted by molar-refractivity contribution is 5.77. The van der Waals surface area contributed by atoms with Gasteiger partial charge in [-0.2, -0.15) is 0 Å². The number of hydrogen-bond donors (Lipinski definition) is 1. The summed E-state index contributed by atoms with van der Waals surface area (Å²) < 4.78 is 0. The van der Waals surface area contributed by atoms with E-state index in [4.69, 9.17) is 0 Å². The standard InChI is InChI=1S/C18H25N7O/c1-13-21-14(10-16(22-13)23-17-11-19-7-8-20-17)15-6-4-5-9-25(15)12-18(26)24(2)3/h7-8,10-11,15H,4-6,9,12H2,1-3H3,(H,20,21,22,23)/t15-/m1/s1. The third-order valence-corrected chi connectivity index (χ3v) is 4.47. The number of anilines is 2. The summed E-state index contributed by atoms with van der Waals surface area (Å²) in [6.45, 7) is 3.19. The topological polar surface area (TPSA) is 87.1 Å². The first-order chi connectivity index (χ1) is 12.5. The first-order valence-electron chi connectivity index (χ1n) is 8.86. The van der Waals surface area contributed by atoms with Crippen LogP contribution in [0, 0.1) is 6.92 Å². The Kier molecular flexibility index (Phi) is 5.72. The zero-order valence-electron chi connectivity index (χ0n) is 15.5. The van der Waals surface area contributed by atoms with Crippen molar-refractivity contribution in [2.45, 2.75) is 32.2 Å². The van der Waals surface area contributed by atoms with E-state index in [9.17, 15) is 4.79 Å². The van der Waals surface area contributed by atoms with Crippen molar-refractivity contribution in [3.8, 4) is 0 Å². The minimum Gasteiger partial charge on any atom is -0.348 e. The Morgan fingerprint density at radius 1 is 1.27 bits per heavy atom. The summed E-state index contributed by atoms with van der Waals surface area (Å²) in [5.41, 5.74) is 0.940. The lowest BCUT2D eigenvalue weighted by Gasteiger charge is -2.35. The molecule has 1 aliphatic rings. The van der Waals surface area contributed by atoms with Crippen molar-refractivity contribution in [3.05, 3.63) is 36.2 Å². The van der Waals surface area contributed by atoms with Crippen molar-refractivity contribution in [3.63, 3.8) is 0 Å². The zero-order chi connectivity index (χ0) is 18.5. The van der Waals surface area contributed by atoms with E-state index in [0.29, 0.717) is 24.0 Å². The third-order valence-electron chi connectivity index (χ3n) is 4.47. The maximum Gasteiger partial charge on any atom is 0.236 e. The van der Waals surface area contributed by atoms with Crippen molar-refractivity contribution in [2.75, 3.05) is 32.5 Å². The SMILES string of the molecule is Cc1nc(Nc2cnccn2)cc([C@H]2CCCCN2CC(=O)N(C)C)n1. The highest BCUT2D eigenvalue weighted by Crippen LogP contribution is 2.31. The second-order valence-electron chi connectivity index (χ2n) is 6.71. The highest BCUT2D eigenvalue weighted by Gasteiger charge is 2.27. The van der Waals surface area contributed by atoms with Gasteiger partial charge in [-0.25, -0.2) is 15.0 Å². The Balaban J connectivity index is 1.83. The maximum atomic E-state index is 12.2. The minimum atomic E-state index is 0.112. The number of likely N-dealkylation sites (N-methyl/N-ethyl adjacent to an activating group) is 1. The zero-order valence-corrected chi connectivity index (χ0v) is 15.5. The number of aromatic nitrogens is 4. The van der Waals surface area contributed by atoms with E-state index in [0.717, 1.165) is 31.5 Å². The van der Waals surface area contributed by atoms with E-state index in [2.05, 4.69) is 30.2 Å². The first-order valence-corrected chi connectivity index (χ1v) is 8.86. The lowest BCUT2D eigenvalue weighted by atomic mass is 9.99. The predicted molar refractivity (Wildman–Crippen MR) is 98.9 cm³/mol. The molecule has 0 saturated carbocycles. The van der Waals surface area contributed by atoms with Crippen LogP contribution in [0.1, 0.15) is 36.8 Å². The molecular formula is C18H25N7O. The molecule has 138 valence electrons. The number of rotatable bonds is 5. The van der Waals surface area contributed by atoms with Crippen LogP contribution in [-0.2, 0) is 4.79 Å². The highest BCUT2D eigenvalue weighted by atomic mass is 16.2. The number of hydrogen-bond acceptors (Lipinski definition) is 7. The summed E-state index contributed by atoms with van der Waals surface area (Å²) >= 11 is 0. The molecule has 1 N–H and O–H groups in total. The van der Waals surface area contributed by atoms with Gasteiger partial charge in [-0.3, -0.25) is 14.7 Å². The molecule has 0 unspecified atom stereocenters. The summed E-state index contributed by atoms with van der Waals surface area (Å²) in [4.78, 5) is 33.4. The van der Waals surface area contributed by atoms with Crippen molar-refractivity contribution in [2.24, 2.45) is 0 Å². The van der Waals surface area contributed by atoms with E-state index in [1.807, 2.05) is 13.0 Å². The molecule has 0 bridgehead atoms. The summed E-state index contributed by atoms with van der Waals surface area (Å²) in [6, 6.07) is 2.07. The van der Waals surface area contributed by atoms with Crippen molar-refractivity contribution < 1.29 is 4.79 Å². The van der Waals surface area contributed by atoms with Gasteiger partial charge in [-0.1, -0.05) is 6.42 Å². The van der Waals surface area contributed by atoms with Crippen molar-refractivity contribution in [1.82, 2.24) is 29.7 Å². The molecule has 8 heteroatoms. The third kappa shape index (κ3) is 4.51. The van der Waals surface area contributed by atoms with Crippen LogP contribution < -0.4 is 5.32 Å². The lowest BCUT2D eigenvalue weighted by Crippen LogP contribution is -2.41. The Morgan fingerprint density at radius 2 is 2.12 bits per heavy atom. The molecule has 1 amide bonds. The molecule has 8 nitrogen and oxygen atoms in total. The molecule has 3 heterocycles. The normalized spacial score (nSPS) is 17.7. The Hall–Kier alpha value is -2.61. The van der Waals surface area contributed by atoms with E-state index in [1.54, 1.807) is 37.6 Å². The quantitative estimate of drug-likeness (QED) is 0.877. The molecule has 0 aliphatic carbocycles. The molecule has 1 saturated heterocycles. The largest absolute Gasteiger partial charge is 0.348 e. The lowest BCUT2D eigenvalue weighted by molar-refractivity contribution is -0.130. The molecule has 1 fully saturated rings. The van der Waals surface area contributed by atoms with Gasteiger partial charge in [-0.05, 0) is 26.3 Å². The molecule has 0 spiro atoms. The van der Waals surface area contributed by atoms with Crippen LogP contribution in [0.2, 0.25) is 0 Å². The number of carbonyl (C=O) groups is 1. The Morgan fingerprint density at radius 3 is 2.85 bits per heavy atom. The number of nitrogens with zero attached hydrogens (tertiary/aromatic N) is 6. The fraction of sp³-hybridized carbons (Fsp3) is 0.500. The van der Waals surface area contributed by atoms with Crippen molar-refractivity contribution in [1.29, 1.82) is 0 Å². The van der Waals surface area contributed by atoms with Gasteiger partial charge >= 0.3 is 0 Å². The molecule has 2 aromatic rings. The summed E-state index contributed by atoms with van der Waals surface area (Å²) in [5.74, 6) is 2.14. The van der Waals surface area contributed by atoms with Gasteiger partial charge in [0.25, 0.3) is 0 Å². The predicted octanol–water partition coefficient (Wildman–Crippen LogP) is 1.93. The van der Waals surface area contributed by atoms with E-state index in [-0.39, 0.29) is 11.9 Å². The van der Waals surface area contributed by atoms with Crippen LogP contribution >= 0.6 is 0 Å². The molecule has 0 radical (unpaired) electrons. The second-order valence-corrected chi connectivity index (χ2v) is 6.71. The van der Waals surface area contributed by atoms with E-state index in [1.165, 1.54) is 0 Å². The van der Waals surface area contributed by atoms with Crippen LogP contribution in [0.3, 0.4) is 0 Å². The summed E-state index contributed by atoms with van der Waals surface area (Å²) in [6.07, 6.45) is 8.14. The molecule has 0 aromatic carbocycles. The van der Waals surface area contributed by atoms with Crippen LogP contribution in [0.4, 0.5) is 11.6 Å². The Labute approximate surface area is 153 Å². The minimum absolute atomic E-state index is 0.112. The van der Waals surface area contributed by atoms with Gasteiger partial charge in [-0.15, -0.1) is 0 Å². The molecule has 1 atom stereocenters. The number of carbonyl (C=O) groups excluding carboxylic acids is 1. The summed E-state index contributed by atoms with van der Waals surface area (Å²) in [7, 11) is 3.58. The number of likely N-dealkylation sites (tertiary alicyclic amines) is 1. The van der Waals surface area contributed by atoms with E-state index < -0.39 is 0 Å². The Bertz CT molecular complexity index is 750. The smallest absolute Gasteiger partial charge is 0.236 e. The van der Waals surface area contributed by atoms with Crippen LogP contribution in [0.5, 0.6) is 0 Å². The van der Waals surface area contributed by atoms with Gasteiger partial charge < -0.3 is 10.2 Å². The fourth-order valence-corrected chi connectivity index (χ4v) is 3.15. The summed E-state index contributed by atoms with van der Waals surface area (Å²) in [5, 5.41) is 3.18. The molecule has 26 heavy (non-hydrogen) atoms. The number of piperidine rings is 1. The average Bonchev–Trinajstić information content (AvgIpc) is 2.62. The monoisotopic (exact) mass is 355 g/mol. The fourth-order valence-electron chi connectivity index (χ4n) is 3.15. The average molecular weight is 355 g/mol. The maximum absolute atomic E-state index is 12.2. The van der Waals surface area contributed by atoms with Gasteiger partial charge in [0.2, 0.25) is 5.91 Å². The van der Waals surface area contributed by atoms with Gasteiger partial charge in [0.15, 0.2) is 0 Å². The van der Waals surface area contributed by atoms with Crippen molar-refractivity contribution >= 4 is 17.5 Å². The number of amides is 1. The molecular weight excluding hydrogens is 330 g/mol. The molecule has 1 aliphatic heterocycles. The van der Waals surface area contributed by atoms with Gasteiger partial charge in [0, 0.05) is 32.6 Å². The molecule has 2 aromatic heterocycles. The van der Waals surface area contributed by atoms with Crippen LogP contribution in [0.15, 0.2) is 24.7 Å². The molecule has 3 rings (SSSR count). The van der Waals surface area contributed by atoms with Crippen LogP contribution in [0.25, 0.3) is 0 Å². The van der Waals surface area contributed by atoms with E-state index >= 15 is 0 Å².